The van der Waals surface area contributed by atoms with Gasteiger partial charge in [0.25, 0.3) is 5.56 Å². The fraction of sp³-hybridized carbons (Fsp3) is 0.222. The standard InChI is InChI=1S/C9H8N4O3/c1-5(9(15)16)13-4-12-7-6(8(13)14)10-2-3-11-7/h2-5H,1H3,(H,15,16)/t5-/m0/s1. The van der Waals surface area contributed by atoms with Crippen molar-refractivity contribution in [3.05, 3.63) is 29.1 Å². The van der Waals surface area contributed by atoms with Crippen LogP contribution >= 0.6 is 0 Å². The number of carboxylic acids is 1. The van der Waals surface area contributed by atoms with Crippen molar-refractivity contribution in [1.82, 2.24) is 19.5 Å². The van der Waals surface area contributed by atoms with E-state index in [4.69, 9.17) is 5.11 Å². The third-order valence-corrected chi connectivity index (χ3v) is 2.20. The fourth-order valence-corrected chi connectivity index (χ4v) is 1.26. The lowest BCUT2D eigenvalue weighted by Gasteiger charge is -2.09. The molecule has 0 aliphatic heterocycles. The Morgan fingerprint density at radius 3 is 2.75 bits per heavy atom. The van der Waals surface area contributed by atoms with Crippen LogP contribution in [0.3, 0.4) is 0 Å². The molecule has 0 unspecified atom stereocenters. The Kier molecular flexibility index (Phi) is 2.35. The van der Waals surface area contributed by atoms with Crippen molar-refractivity contribution in [3.8, 4) is 0 Å². The summed E-state index contributed by atoms with van der Waals surface area (Å²) in [6, 6.07) is -0.980. The lowest BCUT2D eigenvalue weighted by Crippen LogP contribution is -2.28. The predicted octanol–water partition coefficient (Wildman–Crippen LogP) is -0.168. The summed E-state index contributed by atoms with van der Waals surface area (Å²) in [6.45, 7) is 1.40. The molecule has 2 aromatic heterocycles. The monoisotopic (exact) mass is 220 g/mol. The average molecular weight is 220 g/mol. The van der Waals surface area contributed by atoms with Crippen LogP contribution in [0.4, 0.5) is 0 Å². The summed E-state index contributed by atoms with van der Waals surface area (Å²) in [7, 11) is 0. The van der Waals surface area contributed by atoms with Crippen LogP contribution in [0, 0.1) is 0 Å². The van der Waals surface area contributed by atoms with Crippen LogP contribution in [0.2, 0.25) is 0 Å². The number of hydrogen-bond donors (Lipinski definition) is 1. The summed E-state index contributed by atoms with van der Waals surface area (Å²) < 4.78 is 1.01. The molecule has 0 aliphatic carbocycles. The van der Waals surface area contributed by atoms with E-state index in [9.17, 15) is 9.59 Å². The fourth-order valence-electron chi connectivity index (χ4n) is 1.26. The minimum atomic E-state index is -1.10. The molecule has 0 bridgehead atoms. The predicted molar refractivity (Wildman–Crippen MR) is 53.9 cm³/mol. The van der Waals surface area contributed by atoms with Gasteiger partial charge in [0.2, 0.25) is 0 Å². The summed E-state index contributed by atoms with van der Waals surface area (Å²) in [5, 5.41) is 8.81. The van der Waals surface area contributed by atoms with E-state index in [2.05, 4.69) is 15.0 Å². The Bertz CT molecular complexity index is 607. The second-order valence-corrected chi connectivity index (χ2v) is 3.20. The molecule has 0 saturated heterocycles. The summed E-state index contributed by atoms with van der Waals surface area (Å²) in [4.78, 5) is 34.2. The van der Waals surface area contributed by atoms with Crippen LogP contribution in [0.15, 0.2) is 23.5 Å². The van der Waals surface area contributed by atoms with Crippen LogP contribution in [0.1, 0.15) is 13.0 Å². The second kappa shape index (κ2) is 3.69. The molecule has 2 heterocycles. The first kappa shape index (κ1) is 10.2. The van der Waals surface area contributed by atoms with E-state index in [1.165, 1.54) is 19.3 Å². The number of carboxylic acid groups (broad SMARTS) is 1. The second-order valence-electron chi connectivity index (χ2n) is 3.20. The Hall–Kier alpha value is -2.31. The van der Waals surface area contributed by atoms with E-state index in [-0.39, 0.29) is 11.2 Å². The molecule has 0 aromatic carbocycles. The van der Waals surface area contributed by atoms with Crippen molar-refractivity contribution < 1.29 is 9.90 Å². The molecule has 1 atom stereocenters. The van der Waals surface area contributed by atoms with Gasteiger partial charge in [0.1, 0.15) is 12.4 Å². The van der Waals surface area contributed by atoms with Crippen molar-refractivity contribution in [2.75, 3.05) is 0 Å². The maximum absolute atomic E-state index is 11.8. The van der Waals surface area contributed by atoms with Gasteiger partial charge in [-0.3, -0.25) is 9.36 Å². The first-order valence-electron chi connectivity index (χ1n) is 4.52. The molecule has 2 aromatic rings. The molecule has 0 radical (unpaired) electrons. The highest BCUT2D eigenvalue weighted by Crippen LogP contribution is 2.03. The lowest BCUT2D eigenvalue weighted by atomic mass is 10.3. The van der Waals surface area contributed by atoms with Gasteiger partial charge in [-0.05, 0) is 6.92 Å². The van der Waals surface area contributed by atoms with Gasteiger partial charge in [0.05, 0.1) is 0 Å². The summed E-state index contributed by atoms with van der Waals surface area (Å²) in [5.41, 5.74) is -0.229. The first-order valence-corrected chi connectivity index (χ1v) is 4.52. The summed E-state index contributed by atoms with van der Waals surface area (Å²) in [5.74, 6) is -1.10. The molecule has 1 N–H and O–H groups in total. The van der Waals surface area contributed by atoms with Gasteiger partial charge < -0.3 is 5.11 Å². The van der Waals surface area contributed by atoms with Gasteiger partial charge in [-0.15, -0.1) is 0 Å². The summed E-state index contributed by atoms with van der Waals surface area (Å²) in [6.07, 6.45) is 3.94. The molecule has 0 aliphatic rings. The molecular weight excluding hydrogens is 212 g/mol. The van der Waals surface area contributed by atoms with E-state index in [1.54, 1.807) is 0 Å². The zero-order valence-corrected chi connectivity index (χ0v) is 8.36. The van der Waals surface area contributed by atoms with Crippen molar-refractivity contribution in [2.45, 2.75) is 13.0 Å². The quantitative estimate of drug-likeness (QED) is 0.754. The van der Waals surface area contributed by atoms with Crippen LogP contribution in [-0.2, 0) is 4.79 Å². The average Bonchev–Trinajstić information content (AvgIpc) is 2.29. The van der Waals surface area contributed by atoms with E-state index < -0.39 is 17.6 Å². The largest absolute Gasteiger partial charge is 0.480 e. The third kappa shape index (κ3) is 1.52. The van der Waals surface area contributed by atoms with Gasteiger partial charge in [0.15, 0.2) is 11.2 Å². The molecule has 0 saturated carbocycles. The molecule has 7 nitrogen and oxygen atoms in total. The number of hydrogen-bond acceptors (Lipinski definition) is 5. The van der Waals surface area contributed by atoms with Gasteiger partial charge in [-0.1, -0.05) is 0 Å². The maximum atomic E-state index is 11.8. The van der Waals surface area contributed by atoms with Crippen LogP contribution < -0.4 is 5.56 Å². The molecule has 0 fully saturated rings. The maximum Gasteiger partial charge on any atom is 0.326 e. The number of fused-ring (bicyclic) bond motifs is 1. The van der Waals surface area contributed by atoms with Gasteiger partial charge >= 0.3 is 5.97 Å². The Balaban J connectivity index is 2.70. The minimum Gasteiger partial charge on any atom is -0.480 e. The Morgan fingerprint density at radius 1 is 1.38 bits per heavy atom. The number of aliphatic carboxylic acids is 1. The lowest BCUT2D eigenvalue weighted by molar-refractivity contribution is -0.140. The van der Waals surface area contributed by atoms with E-state index in [0.717, 1.165) is 10.9 Å². The topological polar surface area (TPSA) is 98.0 Å². The molecule has 0 spiro atoms. The SMILES string of the molecule is C[C@@H](C(=O)O)n1cnc2nccnc2c1=O. The van der Waals surface area contributed by atoms with E-state index in [0.29, 0.717) is 0 Å². The third-order valence-electron chi connectivity index (χ3n) is 2.20. The van der Waals surface area contributed by atoms with E-state index >= 15 is 0 Å². The summed E-state index contributed by atoms with van der Waals surface area (Å²) >= 11 is 0. The number of aromatic nitrogens is 4. The molecule has 0 amide bonds. The van der Waals surface area contributed by atoms with Crippen molar-refractivity contribution in [1.29, 1.82) is 0 Å². The minimum absolute atomic E-state index is 0.0677. The van der Waals surface area contributed by atoms with Crippen molar-refractivity contribution in [2.24, 2.45) is 0 Å². The van der Waals surface area contributed by atoms with Gasteiger partial charge in [0, 0.05) is 12.4 Å². The van der Waals surface area contributed by atoms with Crippen molar-refractivity contribution in [3.63, 3.8) is 0 Å². The smallest absolute Gasteiger partial charge is 0.326 e. The highest BCUT2D eigenvalue weighted by atomic mass is 16.4. The highest BCUT2D eigenvalue weighted by molar-refractivity contribution is 5.72. The normalized spacial score (nSPS) is 12.6. The first-order chi connectivity index (χ1) is 7.61. The zero-order chi connectivity index (χ0) is 11.7. The number of rotatable bonds is 2. The Morgan fingerprint density at radius 2 is 2.06 bits per heavy atom. The van der Waals surface area contributed by atoms with Crippen molar-refractivity contribution >= 4 is 17.1 Å². The highest BCUT2D eigenvalue weighted by Gasteiger charge is 2.16. The Labute approximate surface area is 89.4 Å². The van der Waals surface area contributed by atoms with E-state index in [1.807, 2.05) is 0 Å². The van der Waals surface area contributed by atoms with Gasteiger partial charge in [-0.2, -0.15) is 0 Å². The molecular formula is C9H8N4O3. The van der Waals surface area contributed by atoms with Gasteiger partial charge in [-0.25, -0.2) is 19.7 Å². The zero-order valence-electron chi connectivity index (χ0n) is 8.36. The molecule has 82 valence electrons. The van der Waals surface area contributed by atoms with Crippen LogP contribution in [0.5, 0.6) is 0 Å². The molecule has 7 heteroatoms. The molecule has 2 rings (SSSR count). The molecule has 16 heavy (non-hydrogen) atoms. The number of carbonyl (C=O) groups is 1. The van der Waals surface area contributed by atoms with Crippen LogP contribution in [0.25, 0.3) is 11.2 Å². The van der Waals surface area contributed by atoms with Crippen LogP contribution in [-0.4, -0.2) is 30.6 Å². The number of nitrogens with zero attached hydrogens (tertiary/aromatic N) is 4.